The molecule has 130 valence electrons. The zero-order valence-corrected chi connectivity index (χ0v) is 14.6. The van der Waals surface area contributed by atoms with Crippen LogP contribution in [0.4, 0.5) is 0 Å². The number of hydrogen-bond donors (Lipinski definition) is 1. The summed E-state index contributed by atoms with van der Waals surface area (Å²) in [4.78, 5) is 27.0. The van der Waals surface area contributed by atoms with Crippen molar-refractivity contribution in [2.45, 2.75) is 89.6 Å². The van der Waals surface area contributed by atoms with Gasteiger partial charge in [0.2, 0.25) is 11.8 Å². The topological polar surface area (TPSA) is 49.4 Å². The van der Waals surface area contributed by atoms with Gasteiger partial charge < -0.3 is 10.2 Å². The van der Waals surface area contributed by atoms with Crippen LogP contribution < -0.4 is 5.32 Å². The molecule has 3 fully saturated rings. The van der Waals surface area contributed by atoms with E-state index in [2.05, 4.69) is 12.2 Å². The van der Waals surface area contributed by atoms with Crippen LogP contribution in [-0.2, 0) is 9.59 Å². The maximum absolute atomic E-state index is 12.6. The minimum atomic E-state index is -0.125. The summed E-state index contributed by atoms with van der Waals surface area (Å²) in [5.74, 6) is 0.768. The Morgan fingerprint density at radius 3 is 2.35 bits per heavy atom. The van der Waals surface area contributed by atoms with Gasteiger partial charge in [0.25, 0.3) is 0 Å². The average molecular weight is 320 g/mol. The summed E-state index contributed by atoms with van der Waals surface area (Å²) < 4.78 is 0. The highest BCUT2D eigenvalue weighted by Crippen LogP contribution is 2.29. The van der Waals surface area contributed by atoms with E-state index in [1.165, 1.54) is 44.9 Å². The first-order chi connectivity index (χ1) is 11.1. The standard InChI is InChI=1S/C19H32N2O2/c1-14-8-6-7-11-17(14)20-19(23)15-12-18(22)21(13-15)16-9-4-2-3-5-10-16/h14-17H,2-13H2,1H3,(H,20,23)/t14-,15-,17-/m1/s1. The quantitative estimate of drug-likeness (QED) is 0.812. The monoisotopic (exact) mass is 320 g/mol. The summed E-state index contributed by atoms with van der Waals surface area (Å²) in [6.07, 6.45) is 12.5. The maximum Gasteiger partial charge on any atom is 0.225 e. The Morgan fingerprint density at radius 1 is 1.00 bits per heavy atom. The van der Waals surface area contributed by atoms with Crippen LogP contribution in [0.25, 0.3) is 0 Å². The average Bonchev–Trinajstić information content (AvgIpc) is 2.75. The second-order valence-corrected chi connectivity index (χ2v) is 7.97. The van der Waals surface area contributed by atoms with Crippen molar-refractivity contribution >= 4 is 11.8 Å². The number of likely N-dealkylation sites (tertiary alicyclic amines) is 1. The molecule has 23 heavy (non-hydrogen) atoms. The fraction of sp³-hybridized carbons (Fsp3) is 0.895. The van der Waals surface area contributed by atoms with Gasteiger partial charge in [-0.1, -0.05) is 45.4 Å². The predicted octanol–water partition coefficient (Wildman–Crippen LogP) is 3.25. The molecule has 0 spiro atoms. The van der Waals surface area contributed by atoms with Crippen LogP contribution in [-0.4, -0.2) is 35.3 Å². The smallest absolute Gasteiger partial charge is 0.225 e. The first-order valence-corrected chi connectivity index (χ1v) is 9.75. The molecule has 0 aromatic carbocycles. The molecule has 0 aromatic heterocycles. The molecule has 1 saturated heterocycles. The minimum absolute atomic E-state index is 0.119. The highest BCUT2D eigenvalue weighted by Gasteiger charge is 2.38. The SMILES string of the molecule is C[C@@H]1CCCC[C@H]1NC(=O)[C@@H]1CC(=O)N(C2CCCCCC2)C1. The Bertz CT molecular complexity index is 429. The van der Waals surface area contributed by atoms with Gasteiger partial charge in [-0.2, -0.15) is 0 Å². The lowest BCUT2D eigenvalue weighted by molar-refractivity contribution is -0.130. The first-order valence-electron chi connectivity index (χ1n) is 9.75. The largest absolute Gasteiger partial charge is 0.353 e. The Labute approximate surface area is 140 Å². The highest BCUT2D eigenvalue weighted by molar-refractivity contribution is 5.89. The van der Waals surface area contributed by atoms with E-state index in [0.717, 1.165) is 19.3 Å². The van der Waals surface area contributed by atoms with E-state index in [-0.39, 0.29) is 17.7 Å². The van der Waals surface area contributed by atoms with Crippen LogP contribution in [0.1, 0.15) is 77.6 Å². The van der Waals surface area contributed by atoms with Crippen LogP contribution in [0.15, 0.2) is 0 Å². The van der Waals surface area contributed by atoms with Gasteiger partial charge in [-0.25, -0.2) is 0 Å². The molecule has 2 saturated carbocycles. The summed E-state index contributed by atoms with van der Waals surface area (Å²) in [6.45, 7) is 2.89. The van der Waals surface area contributed by atoms with Gasteiger partial charge in [0.05, 0.1) is 5.92 Å². The molecular formula is C19H32N2O2. The van der Waals surface area contributed by atoms with Crippen LogP contribution in [0.2, 0.25) is 0 Å². The molecule has 3 atom stereocenters. The summed E-state index contributed by atoms with van der Waals surface area (Å²) >= 11 is 0. The Hall–Kier alpha value is -1.06. The number of nitrogens with zero attached hydrogens (tertiary/aromatic N) is 1. The van der Waals surface area contributed by atoms with Crippen molar-refractivity contribution in [3.05, 3.63) is 0 Å². The molecule has 1 N–H and O–H groups in total. The van der Waals surface area contributed by atoms with E-state index in [9.17, 15) is 9.59 Å². The molecular weight excluding hydrogens is 288 g/mol. The summed E-state index contributed by atoms with van der Waals surface area (Å²) in [5.41, 5.74) is 0. The Morgan fingerprint density at radius 2 is 1.65 bits per heavy atom. The third kappa shape index (κ3) is 4.07. The molecule has 1 aliphatic heterocycles. The van der Waals surface area contributed by atoms with Gasteiger partial charge in [0.15, 0.2) is 0 Å². The van der Waals surface area contributed by atoms with Crippen LogP contribution in [0.3, 0.4) is 0 Å². The fourth-order valence-corrected chi connectivity index (χ4v) is 4.66. The van der Waals surface area contributed by atoms with Gasteiger partial charge in [-0.05, 0) is 31.6 Å². The molecule has 0 unspecified atom stereocenters. The van der Waals surface area contributed by atoms with E-state index in [4.69, 9.17) is 0 Å². The zero-order valence-electron chi connectivity index (χ0n) is 14.6. The molecule has 0 bridgehead atoms. The van der Waals surface area contributed by atoms with Crippen LogP contribution >= 0.6 is 0 Å². The molecule has 1 heterocycles. The van der Waals surface area contributed by atoms with Gasteiger partial charge in [-0.3, -0.25) is 9.59 Å². The lowest BCUT2D eigenvalue weighted by atomic mass is 9.85. The number of amides is 2. The molecule has 2 amide bonds. The van der Waals surface area contributed by atoms with Crippen LogP contribution in [0, 0.1) is 11.8 Å². The van der Waals surface area contributed by atoms with E-state index in [1.54, 1.807) is 0 Å². The van der Waals surface area contributed by atoms with Gasteiger partial charge >= 0.3 is 0 Å². The van der Waals surface area contributed by atoms with Crippen molar-refractivity contribution < 1.29 is 9.59 Å². The van der Waals surface area contributed by atoms with E-state index >= 15 is 0 Å². The van der Waals surface area contributed by atoms with Crippen LogP contribution in [0.5, 0.6) is 0 Å². The van der Waals surface area contributed by atoms with Crippen molar-refractivity contribution in [1.82, 2.24) is 10.2 Å². The zero-order chi connectivity index (χ0) is 16.2. The second-order valence-electron chi connectivity index (χ2n) is 7.97. The summed E-state index contributed by atoms with van der Waals surface area (Å²) in [6, 6.07) is 0.703. The van der Waals surface area contributed by atoms with Crippen molar-refractivity contribution in [3.8, 4) is 0 Å². The Balaban J connectivity index is 1.54. The van der Waals surface area contributed by atoms with E-state index in [0.29, 0.717) is 31.0 Å². The third-order valence-electron chi connectivity index (χ3n) is 6.23. The summed E-state index contributed by atoms with van der Waals surface area (Å²) in [7, 11) is 0. The molecule has 4 nitrogen and oxygen atoms in total. The number of carbonyl (C=O) groups is 2. The van der Waals surface area contributed by atoms with Crippen molar-refractivity contribution in [3.63, 3.8) is 0 Å². The van der Waals surface area contributed by atoms with E-state index in [1.807, 2.05) is 4.90 Å². The van der Waals surface area contributed by atoms with Gasteiger partial charge in [0.1, 0.15) is 0 Å². The maximum atomic E-state index is 12.6. The highest BCUT2D eigenvalue weighted by atomic mass is 16.2. The number of nitrogens with one attached hydrogen (secondary N) is 1. The molecule has 0 radical (unpaired) electrons. The number of carbonyl (C=O) groups excluding carboxylic acids is 2. The molecule has 3 aliphatic rings. The minimum Gasteiger partial charge on any atom is -0.353 e. The second kappa shape index (κ2) is 7.67. The van der Waals surface area contributed by atoms with E-state index < -0.39 is 0 Å². The van der Waals surface area contributed by atoms with Gasteiger partial charge in [-0.15, -0.1) is 0 Å². The first kappa shape index (κ1) is 16.8. The normalized spacial score (nSPS) is 33.5. The van der Waals surface area contributed by atoms with Crippen molar-refractivity contribution in [2.24, 2.45) is 11.8 Å². The van der Waals surface area contributed by atoms with Gasteiger partial charge in [0, 0.05) is 25.0 Å². The predicted molar refractivity (Wildman–Crippen MR) is 90.9 cm³/mol. The van der Waals surface area contributed by atoms with Crippen molar-refractivity contribution in [2.75, 3.05) is 6.54 Å². The molecule has 0 aromatic rings. The summed E-state index contributed by atoms with van der Waals surface area (Å²) in [5, 5.41) is 3.25. The lowest BCUT2D eigenvalue weighted by Crippen LogP contribution is -2.44. The molecule has 3 rings (SSSR count). The third-order valence-corrected chi connectivity index (χ3v) is 6.23. The fourth-order valence-electron chi connectivity index (χ4n) is 4.66. The molecule has 2 aliphatic carbocycles. The number of hydrogen-bond acceptors (Lipinski definition) is 2. The lowest BCUT2D eigenvalue weighted by Gasteiger charge is -2.30. The number of rotatable bonds is 3. The Kier molecular flexibility index (Phi) is 5.60. The molecule has 4 heteroatoms. The van der Waals surface area contributed by atoms with Crippen molar-refractivity contribution in [1.29, 1.82) is 0 Å².